The third-order valence-electron chi connectivity index (χ3n) is 14.0. The summed E-state index contributed by atoms with van der Waals surface area (Å²) in [4.78, 5) is 24.5. The van der Waals surface area contributed by atoms with Crippen LogP contribution in [0.2, 0.25) is 0 Å². The number of esters is 1. The third kappa shape index (κ3) is 53.5. The van der Waals surface area contributed by atoms with Crippen molar-refractivity contribution in [3.05, 3.63) is 24.3 Å². The van der Waals surface area contributed by atoms with E-state index >= 15 is 0 Å². The fourth-order valence-corrected chi connectivity index (χ4v) is 9.40. The van der Waals surface area contributed by atoms with Gasteiger partial charge in [0.25, 0.3) is 0 Å². The van der Waals surface area contributed by atoms with Gasteiger partial charge in [-0.1, -0.05) is 295 Å². The number of amides is 1. The first-order valence-electron chi connectivity index (χ1n) is 30.1. The summed E-state index contributed by atoms with van der Waals surface area (Å²) in [7, 11) is 0. The van der Waals surface area contributed by atoms with Crippen molar-refractivity contribution < 1.29 is 24.5 Å². The van der Waals surface area contributed by atoms with Gasteiger partial charge in [0.2, 0.25) is 5.91 Å². The third-order valence-corrected chi connectivity index (χ3v) is 14.0. The van der Waals surface area contributed by atoms with Gasteiger partial charge in [-0.2, -0.15) is 0 Å². The number of rotatable bonds is 56. The monoisotopic (exact) mass is 944 g/mol. The molecule has 0 spiro atoms. The second-order valence-corrected chi connectivity index (χ2v) is 20.7. The van der Waals surface area contributed by atoms with Crippen LogP contribution in [0.1, 0.15) is 328 Å². The molecule has 0 aromatic heterocycles. The van der Waals surface area contributed by atoms with Crippen molar-refractivity contribution in [3.63, 3.8) is 0 Å². The number of ether oxygens (including phenoxy) is 1. The molecule has 0 aliphatic rings. The Balaban J connectivity index is 3.51. The lowest BCUT2D eigenvalue weighted by Crippen LogP contribution is -2.45. The van der Waals surface area contributed by atoms with Crippen LogP contribution in [-0.2, 0) is 14.3 Å². The summed E-state index contributed by atoms with van der Waals surface area (Å²) >= 11 is 0. The van der Waals surface area contributed by atoms with E-state index in [1.165, 1.54) is 238 Å². The fraction of sp³-hybridized carbons (Fsp3) is 0.902. The van der Waals surface area contributed by atoms with Gasteiger partial charge in [-0.25, -0.2) is 0 Å². The van der Waals surface area contributed by atoms with E-state index in [2.05, 4.69) is 37.4 Å². The maximum atomic E-state index is 12.5. The Morgan fingerprint density at radius 1 is 0.418 bits per heavy atom. The quantitative estimate of drug-likeness (QED) is 0.0321. The first-order chi connectivity index (χ1) is 33.0. The minimum Gasteiger partial charge on any atom is -0.466 e. The first-order valence-corrected chi connectivity index (χ1v) is 30.1. The van der Waals surface area contributed by atoms with Crippen LogP contribution >= 0.6 is 0 Å². The Bertz CT molecular complexity index is 1040. The molecule has 0 fully saturated rings. The zero-order chi connectivity index (χ0) is 48.6. The smallest absolute Gasteiger partial charge is 0.305 e. The van der Waals surface area contributed by atoms with Gasteiger partial charge < -0.3 is 20.3 Å². The van der Waals surface area contributed by atoms with Crippen molar-refractivity contribution >= 4 is 11.9 Å². The van der Waals surface area contributed by atoms with E-state index in [-0.39, 0.29) is 18.5 Å². The van der Waals surface area contributed by atoms with Crippen LogP contribution in [0.4, 0.5) is 0 Å². The van der Waals surface area contributed by atoms with Crippen molar-refractivity contribution in [1.29, 1.82) is 0 Å². The lowest BCUT2D eigenvalue weighted by Gasteiger charge is -2.22. The van der Waals surface area contributed by atoms with Gasteiger partial charge in [0, 0.05) is 12.8 Å². The first kappa shape index (κ1) is 65.3. The van der Waals surface area contributed by atoms with E-state index in [1.807, 2.05) is 6.08 Å². The Morgan fingerprint density at radius 3 is 1.16 bits per heavy atom. The SMILES string of the molecule is CCCCCCCCCCCCCCCCCCCCCC(O)C(CO)NC(=O)CC/C=C\C/C=C\CCCCCCCCOC(=O)CCCCCCCCCCCCCCCCCCCC. The molecule has 0 bridgehead atoms. The highest BCUT2D eigenvalue weighted by molar-refractivity contribution is 5.76. The second kappa shape index (κ2) is 56.9. The summed E-state index contributed by atoms with van der Waals surface area (Å²) in [6.45, 7) is 4.92. The minimum atomic E-state index is -0.699. The molecule has 0 aliphatic heterocycles. The minimum absolute atomic E-state index is 0.0119. The van der Waals surface area contributed by atoms with Crippen LogP contribution in [0.15, 0.2) is 24.3 Å². The lowest BCUT2D eigenvalue weighted by molar-refractivity contribution is -0.143. The zero-order valence-corrected chi connectivity index (χ0v) is 45.1. The van der Waals surface area contributed by atoms with Crippen LogP contribution in [0.5, 0.6) is 0 Å². The molecule has 0 heterocycles. The van der Waals surface area contributed by atoms with E-state index in [0.29, 0.717) is 32.3 Å². The zero-order valence-electron chi connectivity index (χ0n) is 45.1. The van der Waals surface area contributed by atoms with Crippen molar-refractivity contribution in [2.24, 2.45) is 0 Å². The Labute approximate surface area is 418 Å². The fourth-order valence-electron chi connectivity index (χ4n) is 9.40. The van der Waals surface area contributed by atoms with E-state index in [1.54, 1.807) is 0 Å². The summed E-state index contributed by atoms with van der Waals surface area (Å²) in [5.74, 6) is -0.124. The molecular weight excluding hydrogens is 827 g/mol. The van der Waals surface area contributed by atoms with Gasteiger partial charge in [0.15, 0.2) is 0 Å². The van der Waals surface area contributed by atoms with Gasteiger partial charge in [0.1, 0.15) is 0 Å². The molecule has 67 heavy (non-hydrogen) atoms. The Hall–Kier alpha value is -1.66. The number of allylic oxidation sites excluding steroid dienone is 4. The molecule has 6 heteroatoms. The summed E-state index contributed by atoms with van der Waals surface area (Å²) in [6.07, 6.45) is 69.0. The van der Waals surface area contributed by atoms with Crippen LogP contribution in [-0.4, -0.2) is 47.4 Å². The van der Waals surface area contributed by atoms with Crippen LogP contribution in [0.25, 0.3) is 0 Å². The molecule has 3 N–H and O–H groups in total. The molecule has 2 atom stereocenters. The lowest BCUT2D eigenvalue weighted by atomic mass is 10.0. The molecule has 0 saturated carbocycles. The number of carbonyl (C=O) groups is 2. The largest absolute Gasteiger partial charge is 0.466 e. The van der Waals surface area contributed by atoms with Gasteiger partial charge in [0.05, 0.1) is 25.4 Å². The molecule has 2 unspecified atom stereocenters. The predicted octanol–water partition coefficient (Wildman–Crippen LogP) is 18.6. The molecule has 0 radical (unpaired) electrons. The number of aliphatic hydroxyl groups excluding tert-OH is 2. The Kier molecular flexibility index (Phi) is 55.5. The molecule has 0 aromatic carbocycles. The van der Waals surface area contributed by atoms with E-state index in [9.17, 15) is 19.8 Å². The standard InChI is InChI=1S/C61H117NO5/c1-3-5-7-9-11-13-15-17-19-21-23-24-26-29-33-37-41-45-49-53-59(64)58(57-63)62-60(65)54-50-46-42-38-34-30-28-32-36-40-44-48-52-56-67-61(66)55-51-47-43-39-35-31-27-25-22-20-18-16-14-12-10-8-6-4-2/h30,34,42,46,58-59,63-64H,3-29,31-33,35-41,43-45,47-57H2,1-2H3,(H,62,65)/b34-30-,46-42-. The number of hydrogen-bond acceptors (Lipinski definition) is 5. The van der Waals surface area contributed by atoms with E-state index in [4.69, 9.17) is 4.74 Å². The molecule has 0 aliphatic carbocycles. The van der Waals surface area contributed by atoms with Crippen LogP contribution in [0, 0.1) is 0 Å². The molecule has 0 saturated heterocycles. The number of hydrogen-bond donors (Lipinski definition) is 3. The van der Waals surface area contributed by atoms with Crippen molar-refractivity contribution in [1.82, 2.24) is 5.32 Å². The highest BCUT2D eigenvalue weighted by atomic mass is 16.5. The normalized spacial score (nSPS) is 12.7. The number of aliphatic hydroxyl groups is 2. The summed E-state index contributed by atoms with van der Waals surface area (Å²) < 4.78 is 5.48. The van der Waals surface area contributed by atoms with Gasteiger partial charge >= 0.3 is 5.97 Å². The van der Waals surface area contributed by atoms with Gasteiger partial charge in [-0.3, -0.25) is 9.59 Å². The average molecular weight is 945 g/mol. The molecule has 1 amide bonds. The van der Waals surface area contributed by atoms with Crippen LogP contribution < -0.4 is 5.32 Å². The van der Waals surface area contributed by atoms with Gasteiger partial charge in [-0.05, 0) is 44.9 Å². The summed E-state index contributed by atoms with van der Waals surface area (Å²) in [5, 5.41) is 23.2. The number of nitrogens with one attached hydrogen (secondary N) is 1. The molecular formula is C61H117NO5. The predicted molar refractivity (Wildman–Crippen MR) is 292 cm³/mol. The number of carbonyl (C=O) groups excluding carboxylic acids is 2. The Morgan fingerprint density at radius 2 is 0.761 bits per heavy atom. The van der Waals surface area contributed by atoms with E-state index in [0.717, 1.165) is 51.4 Å². The molecule has 0 rings (SSSR count). The van der Waals surface area contributed by atoms with Crippen molar-refractivity contribution in [2.75, 3.05) is 13.2 Å². The average Bonchev–Trinajstić information content (AvgIpc) is 3.33. The second-order valence-electron chi connectivity index (χ2n) is 20.7. The van der Waals surface area contributed by atoms with E-state index < -0.39 is 12.1 Å². The highest BCUT2D eigenvalue weighted by Gasteiger charge is 2.20. The maximum Gasteiger partial charge on any atom is 0.305 e. The molecule has 396 valence electrons. The summed E-state index contributed by atoms with van der Waals surface area (Å²) in [6, 6.07) is -0.585. The van der Waals surface area contributed by atoms with Crippen molar-refractivity contribution in [2.45, 2.75) is 341 Å². The van der Waals surface area contributed by atoms with Crippen LogP contribution in [0.3, 0.4) is 0 Å². The summed E-state index contributed by atoms with van der Waals surface area (Å²) in [5.41, 5.74) is 0. The maximum absolute atomic E-state index is 12.5. The van der Waals surface area contributed by atoms with Crippen molar-refractivity contribution in [3.8, 4) is 0 Å². The highest BCUT2D eigenvalue weighted by Crippen LogP contribution is 2.18. The number of unbranched alkanes of at least 4 members (excludes halogenated alkanes) is 41. The topological polar surface area (TPSA) is 95.9 Å². The molecule has 6 nitrogen and oxygen atoms in total. The van der Waals surface area contributed by atoms with Gasteiger partial charge in [-0.15, -0.1) is 0 Å². The molecule has 0 aromatic rings.